The lowest BCUT2D eigenvalue weighted by atomic mass is 10.2. The number of ether oxygens (including phenoxy) is 2. The quantitative estimate of drug-likeness (QED) is 0.793. The van der Waals surface area contributed by atoms with Crippen molar-refractivity contribution < 1.29 is 22.4 Å². The Morgan fingerprint density at radius 1 is 1.39 bits per heavy atom. The van der Waals surface area contributed by atoms with Crippen LogP contribution in [-0.4, -0.2) is 44.1 Å². The van der Waals surface area contributed by atoms with E-state index in [-0.39, 0.29) is 23.5 Å². The first-order valence-electron chi connectivity index (χ1n) is 7.35. The van der Waals surface area contributed by atoms with Crippen molar-refractivity contribution in [2.75, 3.05) is 19.5 Å². The molecule has 1 aliphatic rings. The predicted molar refractivity (Wildman–Crippen MR) is 82.8 cm³/mol. The van der Waals surface area contributed by atoms with Gasteiger partial charge < -0.3 is 14.0 Å². The fourth-order valence-electron chi connectivity index (χ4n) is 2.50. The number of hydrogen-bond donors (Lipinski definition) is 0. The second-order valence-electron chi connectivity index (χ2n) is 5.43. The molecule has 1 atom stereocenters. The SMILES string of the molecule is COc1cccc(-c2noc(CS(=O)(=O)CC3CCCO3)n2)c1. The van der Waals surface area contributed by atoms with Gasteiger partial charge in [-0.3, -0.25) is 0 Å². The first-order valence-corrected chi connectivity index (χ1v) is 9.17. The van der Waals surface area contributed by atoms with Gasteiger partial charge in [0, 0.05) is 12.2 Å². The van der Waals surface area contributed by atoms with E-state index in [1.807, 2.05) is 0 Å². The van der Waals surface area contributed by atoms with Crippen molar-refractivity contribution in [1.82, 2.24) is 10.1 Å². The van der Waals surface area contributed by atoms with Gasteiger partial charge in [0.15, 0.2) is 9.84 Å². The molecule has 1 aliphatic heterocycles. The number of nitrogens with zero attached hydrogens (tertiary/aromatic N) is 2. The summed E-state index contributed by atoms with van der Waals surface area (Å²) in [6, 6.07) is 7.17. The van der Waals surface area contributed by atoms with Crippen LogP contribution in [0.2, 0.25) is 0 Å². The van der Waals surface area contributed by atoms with E-state index in [1.54, 1.807) is 31.4 Å². The molecule has 2 heterocycles. The summed E-state index contributed by atoms with van der Waals surface area (Å²) in [4.78, 5) is 4.16. The second kappa shape index (κ2) is 6.67. The highest BCUT2D eigenvalue weighted by molar-refractivity contribution is 7.90. The number of hydrogen-bond acceptors (Lipinski definition) is 7. The van der Waals surface area contributed by atoms with Crippen molar-refractivity contribution in [3.8, 4) is 17.1 Å². The molecular weight excluding hydrogens is 320 g/mol. The normalized spacial score (nSPS) is 18.2. The molecule has 0 aliphatic carbocycles. The monoisotopic (exact) mass is 338 g/mol. The minimum Gasteiger partial charge on any atom is -0.497 e. The third-order valence-corrected chi connectivity index (χ3v) is 5.17. The third kappa shape index (κ3) is 4.08. The molecule has 124 valence electrons. The lowest BCUT2D eigenvalue weighted by Crippen LogP contribution is -2.21. The number of aromatic nitrogens is 2. The highest BCUT2D eigenvalue weighted by Crippen LogP contribution is 2.22. The Labute approximate surface area is 134 Å². The van der Waals surface area contributed by atoms with Crippen molar-refractivity contribution in [2.45, 2.75) is 24.7 Å². The Balaban J connectivity index is 1.71. The molecule has 1 fully saturated rings. The molecule has 1 unspecified atom stereocenters. The van der Waals surface area contributed by atoms with Crippen LogP contribution in [0.25, 0.3) is 11.4 Å². The van der Waals surface area contributed by atoms with Crippen LogP contribution in [0.3, 0.4) is 0 Å². The van der Waals surface area contributed by atoms with Gasteiger partial charge in [-0.15, -0.1) is 0 Å². The average molecular weight is 338 g/mol. The van der Waals surface area contributed by atoms with Gasteiger partial charge in [0.1, 0.15) is 11.5 Å². The summed E-state index contributed by atoms with van der Waals surface area (Å²) in [7, 11) is -1.78. The van der Waals surface area contributed by atoms with Gasteiger partial charge in [-0.1, -0.05) is 17.3 Å². The Morgan fingerprint density at radius 3 is 3.00 bits per heavy atom. The van der Waals surface area contributed by atoms with Crippen LogP contribution in [0.5, 0.6) is 5.75 Å². The lowest BCUT2D eigenvalue weighted by molar-refractivity contribution is 0.127. The topological polar surface area (TPSA) is 91.5 Å². The van der Waals surface area contributed by atoms with Crippen LogP contribution >= 0.6 is 0 Å². The van der Waals surface area contributed by atoms with E-state index >= 15 is 0 Å². The highest BCUT2D eigenvalue weighted by Gasteiger charge is 2.25. The molecule has 0 radical (unpaired) electrons. The molecular formula is C15H18N2O5S. The van der Waals surface area contributed by atoms with Gasteiger partial charge in [-0.05, 0) is 25.0 Å². The summed E-state index contributed by atoms with van der Waals surface area (Å²) < 4.78 is 39.9. The van der Waals surface area contributed by atoms with Gasteiger partial charge in [0.05, 0.1) is 19.0 Å². The average Bonchev–Trinajstić information content (AvgIpc) is 3.18. The zero-order valence-corrected chi connectivity index (χ0v) is 13.6. The van der Waals surface area contributed by atoms with Crippen LogP contribution < -0.4 is 4.74 Å². The minimum atomic E-state index is -3.35. The molecule has 1 aromatic heterocycles. The van der Waals surface area contributed by atoms with Gasteiger partial charge in [0.25, 0.3) is 0 Å². The third-order valence-electron chi connectivity index (χ3n) is 3.60. The van der Waals surface area contributed by atoms with E-state index in [0.717, 1.165) is 12.8 Å². The first-order chi connectivity index (χ1) is 11.1. The van der Waals surface area contributed by atoms with Crippen LogP contribution in [-0.2, 0) is 20.3 Å². The zero-order valence-electron chi connectivity index (χ0n) is 12.8. The number of benzene rings is 1. The molecule has 0 spiro atoms. The Bertz CT molecular complexity index is 766. The van der Waals surface area contributed by atoms with Gasteiger partial charge >= 0.3 is 0 Å². The number of methoxy groups -OCH3 is 1. The molecule has 2 aromatic rings. The van der Waals surface area contributed by atoms with Crippen molar-refractivity contribution in [2.24, 2.45) is 0 Å². The Morgan fingerprint density at radius 2 is 2.26 bits per heavy atom. The molecule has 0 amide bonds. The molecule has 1 saturated heterocycles. The molecule has 23 heavy (non-hydrogen) atoms. The summed E-state index contributed by atoms with van der Waals surface area (Å²) in [6.07, 6.45) is 1.46. The Hall–Kier alpha value is -1.93. The molecule has 7 nitrogen and oxygen atoms in total. The van der Waals surface area contributed by atoms with Gasteiger partial charge in [0.2, 0.25) is 11.7 Å². The summed E-state index contributed by atoms with van der Waals surface area (Å²) in [5.41, 5.74) is 0.705. The van der Waals surface area contributed by atoms with Crippen molar-refractivity contribution in [3.05, 3.63) is 30.2 Å². The zero-order chi connectivity index (χ0) is 16.3. The summed E-state index contributed by atoms with van der Waals surface area (Å²) in [6.45, 7) is 0.626. The van der Waals surface area contributed by atoms with Gasteiger partial charge in [-0.2, -0.15) is 4.98 Å². The molecule has 0 saturated carbocycles. The number of sulfone groups is 1. The van der Waals surface area contributed by atoms with Gasteiger partial charge in [-0.25, -0.2) is 8.42 Å². The van der Waals surface area contributed by atoms with Crippen molar-refractivity contribution in [1.29, 1.82) is 0 Å². The fraction of sp³-hybridized carbons (Fsp3) is 0.467. The molecule has 0 bridgehead atoms. The maximum Gasteiger partial charge on any atom is 0.242 e. The van der Waals surface area contributed by atoms with Crippen LogP contribution in [0.15, 0.2) is 28.8 Å². The predicted octanol–water partition coefficient (Wildman–Crippen LogP) is 1.84. The molecule has 8 heteroatoms. The van der Waals surface area contributed by atoms with Crippen LogP contribution in [0.4, 0.5) is 0 Å². The Kier molecular flexibility index (Phi) is 4.63. The van der Waals surface area contributed by atoms with Crippen LogP contribution in [0, 0.1) is 0 Å². The van der Waals surface area contributed by atoms with Crippen LogP contribution in [0.1, 0.15) is 18.7 Å². The van der Waals surface area contributed by atoms with E-state index in [1.165, 1.54) is 0 Å². The largest absolute Gasteiger partial charge is 0.497 e. The summed E-state index contributed by atoms with van der Waals surface area (Å²) >= 11 is 0. The minimum absolute atomic E-state index is 0.0100. The van der Waals surface area contributed by atoms with E-state index in [0.29, 0.717) is 23.7 Å². The smallest absolute Gasteiger partial charge is 0.242 e. The lowest BCUT2D eigenvalue weighted by Gasteiger charge is -2.08. The first kappa shape index (κ1) is 15.9. The van der Waals surface area contributed by atoms with E-state index < -0.39 is 9.84 Å². The maximum atomic E-state index is 12.2. The molecule has 0 N–H and O–H groups in total. The van der Waals surface area contributed by atoms with E-state index in [4.69, 9.17) is 14.0 Å². The van der Waals surface area contributed by atoms with E-state index in [2.05, 4.69) is 10.1 Å². The molecule has 3 rings (SSSR count). The standard InChI is InChI=1S/C15H18N2O5S/c1-20-12-5-2-4-11(8-12)15-16-14(22-17-15)10-23(18,19)9-13-6-3-7-21-13/h2,4-5,8,13H,3,6-7,9-10H2,1H3. The van der Waals surface area contributed by atoms with E-state index in [9.17, 15) is 8.42 Å². The van der Waals surface area contributed by atoms with Crippen molar-refractivity contribution >= 4 is 9.84 Å². The number of rotatable bonds is 6. The molecule has 1 aromatic carbocycles. The fourth-order valence-corrected chi connectivity index (χ4v) is 3.94. The second-order valence-corrected chi connectivity index (χ2v) is 7.54. The maximum absolute atomic E-state index is 12.2. The van der Waals surface area contributed by atoms with Crippen molar-refractivity contribution in [3.63, 3.8) is 0 Å². The summed E-state index contributed by atoms with van der Waals surface area (Å²) in [5, 5.41) is 3.84. The highest BCUT2D eigenvalue weighted by atomic mass is 32.2. The summed E-state index contributed by atoms with van der Waals surface area (Å²) in [5.74, 6) is 0.806.